The number of nitrogens with two attached hydrogens (primary N) is 1. The van der Waals surface area contributed by atoms with Gasteiger partial charge in [-0.1, -0.05) is 12.1 Å². The number of aromatic hydroxyl groups is 2. The molecule has 1 rings (SSSR count). The lowest BCUT2D eigenvalue weighted by molar-refractivity contribution is 0.403. The van der Waals surface area contributed by atoms with Crippen LogP contribution < -0.4 is 5.73 Å². The average Bonchev–Trinajstić information content (AvgIpc) is 2.08. The zero-order valence-corrected chi connectivity index (χ0v) is 6.57. The molecule has 0 spiro atoms. The summed E-state index contributed by atoms with van der Waals surface area (Å²) in [5, 5.41) is 18.1. The van der Waals surface area contributed by atoms with Crippen LogP contribution in [0.4, 0.5) is 0 Å². The van der Waals surface area contributed by atoms with Crippen molar-refractivity contribution < 1.29 is 10.2 Å². The highest BCUT2D eigenvalue weighted by molar-refractivity contribution is 5.42. The molecule has 0 aromatic heterocycles. The summed E-state index contributed by atoms with van der Waals surface area (Å²) in [7, 11) is 0. The van der Waals surface area contributed by atoms with Crippen LogP contribution in [0.25, 0.3) is 0 Å². The maximum absolute atomic E-state index is 9.10. The highest BCUT2D eigenvalue weighted by Gasteiger charge is 2.04. The van der Waals surface area contributed by atoms with Crippen LogP contribution in [0.2, 0.25) is 0 Å². The van der Waals surface area contributed by atoms with Crippen LogP contribution in [-0.2, 0) is 0 Å². The summed E-state index contributed by atoms with van der Waals surface area (Å²) in [5.74, 6) is -0.306. The Kier molecular flexibility index (Phi) is 2.35. The summed E-state index contributed by atoms with van der Waals surface area (Å²) >= 11 is 0. The van der Waals surface area contributed by atoms with Crippen molar-refractivity contribution in [2.75, 3.05) is 0 Å². The van der Waals surface area contributed by atoms with E-state index in [4.69, 9.17) is 15.9 Å². The highest BCUT2D eigenvalue weighted by Crippen LogP contribution is 2.27. The van der Waals surface area contributed by atoms with Gasteiger partial charge in [-0.05, 0) is 17.7 Å². The first kappa shape index (κ1) is 8.62. The van der Waals surface area contributed by atoms with Crippen molar-refractivity contribution in [3.63, 3.8) is 0 Å². The predicted molar refractivity (Wildman–Crippen MR) is 46.9 cm³/mol. The first-order valence-corrected chi connectivity index (χ1v) is 3.55. The Balaban J connectivity index is 3.04. The van der Waals surface area contributed by atoms with E-state index >= 15 is 0 Å². The van der Waals surface area contributed by atoms with Gasteiger partial charge >= 0.3 is 0 Å². The van der Waals surface area contributed by atoms with Crippen molar-refractivity contribution in [2.45, 2.75) is 6.04 Å². The van der Waals surface area contributed by atoms with Crippen LogP contribution in [-0.4, -0.2) is 10.2 Å². The SMILES string of the molecule is C=CC(N)c1ccc(O)c(O)c1. The monoisotopic (exact) mass is 165 g/mol. The van der Waals surface area contributed by atoms with Gasteiger partial charge in [0.25, 0.3) is 0 Å². The fraction of sp³-hybridized carbons (Fsp3) is 0.111. The van der Waals surface area contributed by atoms with Gasteiger partial charge in [0.2, 0.25) is 0 Å². The van der Waals surface area contributed by atoms with Crippen molar-refractivity contribution in [1.82, 2.24) is 0 Å². The minimum atomic E-state index is -0.309. The number of hydrogen-bond acceptors (Lipinski definition) is 3. The van der Waals surface area contributed by atoms with Crippen molar-refractivity contribution in [1.29, 1.82) is 0 Å². The number of phenolic OH excluding ortho intramolecular Hbond substituents is 2. The molecule has 3 nitrogen and oxygen atoms in total. The molecule has 0 saturated carbocycles. The van der Waals surface area contributed by atoms with Crippen LogP contribution in [0.3, 0.4) is 0 Å². The second-order valence-corrected chi connectivity index (χ2v) is 2.51. The fourth-order valence-corrected chi connectivity index (χ4v) is 0.884. The molecule has 0 fully saturated rings. The summed E-state index contributed by atoms with van der Waals surface area (Å²) < 4.78 is 0. The second kappa shape index (κ2) is 3.28. The zero-order chi connectivity index (χ0) is 9.14. The highest BCUT2D eigenvalue weighted by atomic mass is 16.3. The van der Waals surface area contributed by atoms with E-state index < -0.39 is 0 Å². The molecule has 1 unspecified atom stereocenters. The largest absolute Gasteiger partial charge is 0.504 e. The Morgan fingerprint density at radius 3 is 2.50 bits per heavy atom. The van der Waals surface area contributed by atoms with Gasteiger partial charge < -0.3 is 15.9 Å². The van der Waals surface area contributed by atoms with E-state index in [1.807, 2.05) is 0 Å². The van der Waals surface area contributed by atoms with Crippen LogP contribution in [0.5, 0.6) is 11.5 Å². The molecule has 12 heavy (non-hydrogen) atoms. The molecule has 3 heteroatoms. The molecule has 0 saturated heterocycles. The zero-order valence-electron chi connectivity index (χ0n) is 6.57. The number of benzene rings is 1. The lowest BCUT2D eigenvalue weighted by Crippen LogP contribution is -2.05. The molecule has 0 aliphatic carbocycles. The Morgan fingerprint density at radius 2 is 2.00 bits per heavy atom. The Hall–Kier alpha value is -1.48. The molecular weight excluding hydrogens is 154 g/mol. The predicted octanol–water partition coefficient (Wildman–Crippen LogP) is 1.28. The van der Waals surface area contributed by atoms with E-state index in [-0.39, 0.29) is 17.5 Å². The molecule has 0 bridgehead atoms. The van der Waals surface area contributed by atoms with Gasteiger partial charge in [0.1, 0.15) is 0 Å². The smallest absolute Gasteiger partial charge is 0.157 e. The molecule has 4 N–H and O–H groups in total. The van der Waals surface area contributed by atoms with Crippen molar-refractivity contribution in [2.24, 2.45) is 5.73 Å². The van der Waals surface area contributed by atoms with E-state index in [9.17, 15) is 0 Å². The quantitative estimate of drug-likeness (QED) is 0.457. The van der Waals surface area contributed by atoms with Crippen LogP contribution in [0, 0.1) is 0 Å². The molecule has 64 valence electrons. The normalized spacial score (nSPS) is 12.4. The molecule has 0 amide bonds. The van der Waals surface area contributed by atoms with Gasteiger partial charge in [0.05, 0.1) is 0 Å². The van der Waals surface area contributed by atoms with Crippen molar-refractivity contribution >= 4 is 0 Å². The molecule has 0 radical (unpaired) electrons. The summed E-state index contributed by atoms with van der Waals surface area (Å²) in [4.78, 5) is 0. The van der Waals surface area contributed by atoms with Crippen LogP contribution >= 0.6 is 0 Å². The van der Waals surface area contributed by atoms with Gasteiger partial charge in [-0.3, -0.25) is 0 Å². The van der Waals surface area contributed by atoms with E-state index in [1.54, 1.807) is 12.1 Å². The number of hydrogen-bond donors (Lipinski definition) is 3. The Morgan fingerprint density at radius 1 is 1.33 bits per heavy atom. The Bertz CT molecular complexity index is 297. The lowest BCUT2D eigenvalue weighted by Gasteiger charge is -2.06. The van der Waals surface area contributed by atoms with E-state index in [0.717, 1.165) is 5.56 Å². The summed E-state index contributed by atoms with van der Waals surface area (Å²) in [6, 6.07) is 4.15. The molecule has 0 aliphatic heterocycles. The summed E-state index contributed by atoms with van der Waals surface area (Å²) in [6.07, 6.45) is 1.56. The Labute approximate surface area is 70.8 Å². The first-order chi connectivity index (χ1) is 5.65. The molecule has 0 heterocycles. The third-order valence-electron chi connectivity index (χ3n) is 1.64. The standard InChI is InChI=1S/C9H11NO2/c1-2-7(10)6-3-4-8(11)9(12)5-6/h2-5,7,11-12H,1,10H2. The number of rotatable bonds is 2. The molecule has 1 atom stereocenters. The third-order valence-corrected chi connectivity index (χ3v) is 1.64. The second-order valence-electron chi connectivity index (χ2n) is 2.51. The minimum Gasteiger partial charge on any atom is -0.504 e. The molecule has 1 aromatic rings. The first-order valence-electron chi connectivity index (χ1n) is 3.55. The van der Waals surface area contributed by atoms with E-state index in [0.29, 0.717) is 0 Å². The topological polar surface area (TPSA) is 66.5 Å². The summed E-state index contributed by atoms with van der Waals surface area (Å²) in [6.45, 7) is 3.52. The minimum absolute atomic E-state index is 0.144. The van der Waals surface area contributed by atoms with E-state index in [1.165, 1.54) is 12.1 Å². The van der Waals surface area contributed by atoms with Crippen molar-refractivity contribution in [3.05, 3.63) is 36.4 Å². The third kappa shape index (κ3) is 1.57. The lowest BCUT2D eigenvalue weighted by atomic mass is 10.1. The fourth-order valence-electron chi connectivity index (χ4n) is 0.884. The van der Waals surface area contributed by atoms with Gasteiger partial charge in [-0.2, -0.15) is 0 Å². The van der Waals surface area contributed by atoms with Crippen molar-refractivity contribution in [3.8, 4) is 11.5 Å². The van der Waals surface area contributed by atoms with Gasteiger partial charge in [-0.25, -0.2) is 0 Å². The maximum atomic E-state index is 9.10. The molecule has 0 aliphatic rings. The maximum Gasteiger partial charge on any atom is 0.157 e. The van der Waals surface area contributed by atoms with Crippen LogP contribution in [0.15, 0.2) is 30.9 Å². The van der Waals surface area contributed by atoms with Gasteiger partial charge in [0, 0.05) is 6.04 Å². The van der Waals surface area contributed by atoms with E-state index in [2.05, 4.69) is 6.58 Å². The van der Waals surface area contributed by atoms with Gasteiger partial charge in [0.15, 0.2) is 11.5 Å². The summed E-state index contributed by atoms with van der Waals surface area (Å²) in [5.41, 5.74) is 6.32. The van der Waals surface area contributed by atoms with Crippen LogP contribution in [0.1, 0.15) is 11.6 Å². The molecule has 1 aromatic carbocycles. The van der Waals surface area contributed by atoms with Gasteiger partial charge in [-0.15, -0.1) is 6.58 Å². The average molecular weight is 165 g/mol. The number of phenols is 2. The molecular formula is C9H11NO2.